The molecule has 8 rings (SSSR count). The van der Waals surface area contributed by atoms with E-state index in [4.69, 9.17) is 21.3 Å². The number of aryl methyl sites for hydroxylation is 1. The maximum atomic E-state index is 16.8. The summed E-state index contributed by atoms with van der Waals surface area (Å²) in [6.45, 7) is 5.04. The molecule has 2 N–H and O–H groups in total. The molecule has 214 valence electrons. The summed E-state index contributed by atoms with van der Waals surface area (Å²) in [5, 5.41) is 12.4. The van der Waals surface area contributed by atoms with Crippen LogP contribution in [0.15, 0.2) is 24.4 Å². The molecule has 2 aromatic heterocycles. The SMILES string of the molecule is Cc1ccc2[nH]ncc2c1-c1c(Cl)cc2c(N3C[C@H]4CC[C@@H](C3)N4)nc(OC[C@@]34CCCN3C[C@H](F)C4)nc2c1F. The van der Waals surface area contributed by atoms with Crippen molar-refractivity contribution in [1.29, 1.82) is 0 Å². The number of aromatic amines is 1. The number of benzene rings is 2. The predicted molar refractivity (Wildman–Crippen MR) is 155 cm³/mol. The van der Waals surface area contributed by atoms with E-state index >= 15 is 4.39 Å². The summed E-state index contributed by atoms with van der Waals surface area (Å²) < 4.78 is 37.5. The summed E-state index contributed by atoms with van der Waals surface area (Å²) >= 11 is 6.89. The quantitative estimate of drug-likeness (QED) is 0.338. The lowest BCUT2D eigenvalue weighted by Crippen LogP contribution is -2.51. The van der Waals surface area contributed by atoms with Crippen LogP contribution < -0.4 is 15.0 Å². The van der Waals surface area contributed by atoms with Crippen molar-refractivity contribution >= 4 is 39.2 Å². The van der Waals surface area contributed by atoms with Crippen molar-refractivity contribution in [2.24, 2.45) is 0 Å². The van der Waals surface area contributed by atoms with Crippen molar-refractivity contribution in [3.05, 3.63) is 40.8 Å². The molecule has 0 saturated carbocycles. The van der Waals surface area contributed by atoms with Gasteiger partial charge < -0.3 is 15.0 Å². The number of fused-ring (bicyclic) bond motifs is 5. The molecule has 0 aliphatic carbocycles. The maximum Gasteiger partial charge on any atom is 0.319 e. The highest BCUT2D eigenvalue weighted by molar-refractivity contribution is 6.35. The van der Waals surface area contributed by atoms with Gasteiger partial charge in [0.1, 0.15) is 24.1 Å². The van der Waals surface area contributed by atoms with Gasteiger partial charge in [0.05, 0.1) is 22.3 Å². The summed E-state index contributed by atoms with van der Waals surface area (Å²) in [4.78, 5) is 13.9. The number of aromatic nitrogens is 4. The molecular formula is C30H32ClF2N7O. The second-order valence-corrected chi connectivity index (χ2v) is 12.7. The lowest BCUT2D eigenvalue weighted by Gasteiger charge is -2.34. The van der Waals surface area contributed by atoms with Crippen molar-refractivity contribution in [3.63, 3.8) is 0 Å². The van der Waals surface area contributed by atoms with Gasteiger partial charge in [-0.15, -0.1) is 0 Å². The first kappa shape index (κ1) is 25.6. The summed E-state index contributed by atoms with van der Waals surface area (Å²) in [7, 11) is 0. The highest BCUT2D eigenvalue weighted by Crippen LogP contribution is 2.44. The van der Waals surface area contributed by atoms with Gasteiger partial charge in [0.15, 0.2) is 5.82 Å². The molecule has 0 unspecified atom stereocenters. The summed E-state index contributed by atoms with van der Waals surface area (Å²) in [5.74, 6) is 0.116. The molecule has 2 aromatic carbocycles. The van der Waals surface area contributed by atoms with E-state index in [1.165, 1.54) is 0 Å². The zero-order chi connectivity index (χ0) is 27.9. The van der Waals surface area contributed by atoms with Gasteiger partial charge in [0, 0.05) is 60.0 Å². The molecule has 4 aliphatic heterocycles. The van der Waals surface area contributed by atoms with Crippen molar-refractivity contribution in [2.75, 3.05) is 37.7 Å². The van der Waals surface area contributed by atoms with Crippen LogP contribution in [-0.4, -0.2) is 81.6 Å². The van der Waals surface area contributed by atoms with E-state index in [9.17, 15) is 4.39 Å². The molecule has 41 heavy (non-hydrogen) atoms. The first-order chi connectivity index (χ1) is 19.9. The third kappa shape index (κ3) is 4.09. The Morgan fingerprint density at radius 2 is 1.95 bits per heavy atom. The number of alkyl halides is 1. The molecule has 0 spiro atoms. The van der Waals surface area contributed by atoms with Crippen molar-refractivity contribution in [3.8, 4) is 17.1 Å². The molecule has 8 nitrogen and oxygen atoms in total. The minimum Gasteiger partial charge on any atom is -0.461 e. The Morgan fingerprint density at radius 1 is 1.12 bits per heavy atom. The molecule has 4 aliphatic rings. The number of hydrogen-bond donors (Lipinski definition) is 2. The monoisotopic (exact) mass is 579 g/mol. The van der Waals surface area contributed by atoms with E-state index in [0.29, 0.717) is 46.8 Å². The van der Waals surface area contributed by atoms with E-state index in [-0.39, 0.29) is 29.2 Å². The Kier molecular flexibility index (Phi) is 5.92. The minimum absolute atomic E-state index is 0.118. The molecule has 11 heteroatoms. The number of anilines is 1. The van der Waals surface area contributed by atoms with Gasteiger partial charge in [-0.1, -0.05) is 17.7 Å². The van der Waals surface area contributed by atoms with E-state index in [1.54, 1.807) is 12.3 Å². The van der Waals surface area contributed by atoms with Gasteiger partial charge in [0.25, 0.3) is 0 Å². The number of nitrogens with zero attached hydrogens (tertiary/aromatic N) is 5. The summed E-state index contributed by atoms with van der Waals surface area (Å²) in [6.07, 6.45) is 5.36. The Bertz CT molecular complexity index is 1670. The first-order valence-corrected chi connectivity index (χ1v) is 14.9. The van der Waals surface area contributed by atoms with Crippen LogP contribution in [0.5, 0.6) is 6.01 Å². The highest BCUT2D eigenvalue weighted by Gasteiger charge is 2.49. The minimum atomic E-state index is -0.862. The van der Waals surface area contributed by atoms with E-state index in [0.717, 1.165) is 61.8 Å². The first-order valence-electron chi connectivity index (χ1n) is 14.5. The lowest BCUT2D eigenvalue weighted by atomic mass is 9.95. The average Bonchev–Trinajstić information content (AvgIpc) is 3.72. The van der Waals surface area contributed by atoms with Crippen LogP contribution in [0.25, 0.3) is 32.9 Å². The predicted octanol–water partition coefficient (Wildman–Crippen LogP) is 5.17. The topological polar surface area (TPSA) is 82.2 Å². The lowest BCUT2D eigenvalue weighted by molar-refractivity contribution is 0.107. The molecule has 2 bridgehead atoms. The van der Waals surface area contributed by atoms with Crippen LogP contribution in [0, 0.1) is 12.7 Å². The largest absolute Gasteiger partial charge is 0.461 e. The Hall–Kier alpha value is -3.08. The third-order valence-electron chi connectivity index (χ3n) is 9.67. The highest BCUT2D eigenvalue weighted by atomic mass is 35.5. The van der Waals surface area contributed by atoms with Gasteiger partial charge in [-0.25, -0.2) is 8.78 Å². The van der Waals surface area contributed by atoms with Crippen LogP contribution in [0.1, 0.15) is 37.7 Å². The molecule has 4 aromatic rings. The second-order valence-electron chi connectivity index (χ2n) is 12.3. The Balaban J connectivity index is 1.27. The van der Waals surface area contributed by atoms with Crippen LogP contribution in [0.2, 0.25) is 5.02 Å². The van der Waals surface area contributed by atoms with Crippen LogP contribution >= 0.6 is 11.6 Å². The zero-order valence-corrected chi connectivity index (χ0v) is 23.6. The number of halogens is 3. The van der Waals surface area contributed by atoms with Gasteiger partial charge in [-0.2, -0.15) is 15.1 Å². The fraction of sp³-hybridized carbons (Fsp3) is 0.500. The molecule has 4 saturated heterocycles. The van der Waals surface area contributed by atoms with Crippen molar-refractivity contribution in [1.82, 2.24) is 30.4 Å². The molecule has 4 atom stereocenters. The Morgan fingerprint density at radius 3 is 2.78 bits per heavy atom. The summed E-state index contributed by atoms with van der Waals surface area (Å²) in [6, 6.07) is 6.48. The standard InChI is InChI=1S/C30H32ClF2N7O/c1-16-3-6-23-21(11-34-38-23)24(16)25-22(31)9-20-27(26(25)33)36-29(37-28(20)39-13-18-4-5-19(14-39)35-18)41-15-30-7-2-8-40(30)12-17(32)10-30/h3,6,9,11,17-19,35H,2,4-5,7-8,10,12-15H2,1H3,(H,34,38)/t17-,18-,19+,30+/m1/s1. The second kappa shape index (κ2) is 9.47. The van der Waals surface area contributed by atoms with Gasteiger partial charge in [-0.3, -0.25) is 10.00 Å². The van der Waals surface area contributed by atoms with Crippen LogP contribution in [0.3, 0.4) is 0 Å². The number of rotatable bonds is 5. The van der Waals surface area contributed by atoms with E-state index < -0.39 is 12.0 Å². The van der Waals surface area contributed by atoms with Crippen LogP contribution in [0.4, 0.5) is 14.6 Å². The fourth-order valence-electron chi connectivity index (χ4n) is 7.77. The van der Waals surface area contributed by atoms with Gasteiger partial charge >= 0.3 is 6.01 Å². The fourth-order valence-corrected chi connectivity index (χ4v) is 8.06. The number of H-pyrrole nitrogens is 1. The zero-order valence-electron chi connectivity index (χ0n) is 22.9. The number of piperazine rings is 1. The maximum absolute atomic E-state index is 16.8. The average molecular weight is 580 g/mol. The normalized spacial score (nSPS) is 27.8. The van der Waals surface area contributed by atoms with E-state index in [2.05, 4.69) is 30.3 Å². The third-order valence-corrected chi connectivity index (χ3v) is 9.97. The molecular weight excluding hydrogens is 548 g/mol. The molecule has 0 radical (unpaired) electrons. The Labute approximate surface area is 241 Å². The number of hydrogen-bond acceptors (Lipinski definition) is 7. The molecule has 4 fully saturated rings. The van der Waals surface area contributed by atoms with E-state index in [1.807, 2.05) is 19.1 Å². The molecule has 6 heterocycles. The summed E-state index contributed by atoms with van der Waals surface area (Å²) in [5.41, 5.74) is 2.47. The van der Waals surface area contributed by atoms with Crippen LogP contribution in [-0.2, 0) is 0 Å². The molecule has 0 amide bonds. The smallest absolute Gasteiger partial charge is 0.319 e. The van der Waals surface area contributed by atoms with Crippen molar-refractivity contribution < 1.29 is 13.5 Å². The van der Waals surface area contributed by atoms with Gasteiger partial charge in [0.2, 0.25) is 0 Å². The van der Waals surface area contributed by atoms with Gasteiger partial charge in [-0.05, 0) is 56.8 Å². The number of nitrogens with one attached hydrogen (secondary N) is 2. The van der Waals surface area contributed by atoms with Crippen molar-refractivity contribution in [2.45, 2.75) is 62.8 Å². The number of ether oxygens (including phenoxy) is 1.